The lowest BCUT2D eigenvalue weighted by Gasteiger charge is -2.19. The average Bonchev–Trinajstić information content (AvgIpc) is 3.19. The van der Waals surface area contributed by atoms with Gasteiger partial charge in [0.05, 0.1) is 12.5 Å². The van der Waals surface area contributed by atoms with E-state index in [2.05, 4.69) is 67.2 Å². The van der Waals surface area contributed by atoms with E-state index in [1.54, 1.807) is 6.33 Å². The molecule has 120 valence electrons. The van der Waals surface area contributed by atoms with Gasteiger partial charge in [-0.1, -0.05) is 18.2 Å². The van der Waals surface area contributed by atoms with Crippen LogP contribution in [0.1, 0.15) is 53.8 Å². The Morgan fingerprint density at radius 1 is 1.17 bits per heavy atom. The topological polar surface area (TPSA) is 46.5 Å². The van der Waals surface area contributed by atoms with Crippen LogP contribution in [0.4, 0.5) is 0 Å². The van der Waals surface area contributed by atoms with E-state index in [9.17, 15) is 0 Å². The molecule has 1 unspecified atom stereocenters. The summed E-state index contributed by atoms with van der Waals surface area (Å²) in [5.41, 5.74) is 6.43. The zero-order chi connectivity index (χ0) is 16.4. The Hall–Kier alpha value is -2.36. The number of aromatic amines is 1. The van der Waals surface area contributed by atoms with Crippen LogP contribution >= 0.6 is 0 Å². The van der Waals surface area contributed by atoms with Crippen LogP contribution in [0.25, 0.3) is 0 Å². The Morgan fingerprint density at radius 2 is 2.00 bits per heavy atom. The van der Waals surface area contributed by atoms with Crippen LogP contribution in [0.15, 0.2) is 43.1 Å². The Kier molecular flexibility index (Phi) is 4.33. The zero-order valence-corrected chi connectivity index (χ0v) is 14.2. The fourth-order valence-electron chi connectivity index (χ4n) is 3.00. The first kappa shape index (κ1) is 15.5. The minimum Gasteiger partial charge on any atom is -0.348 e. The standard InChI is InChI=1S/C19H24N4/c1-13(2)23-11-16(9-22-23)8-18(19-10-20-12-21-19)17-7-5-6-14(3)15(17)4/h5-7,9-13,18H,8H2,1-4H3,(H,20,21). The summed E-state index contributed by atoms with van der Waals surface area (Å²) >= 11 is 0. The lowest BCUT2D eigenvalue weighted by molar-refractivity contribution is 0.532. The van der Waals surface area contributed by atoms with Crippen LogP contribution in [0, 0.1) is 13.8 Å². The molecule has 1 N–H and O–H groups in total. The molecule has 0 radical (unpaired) electrons. The van der Waals surface area contributed by atoms with Gasteiger partial charge in [0.15, 0.2) is 0 Å². The molecular weight excluding hydrogens is 284 g/mol. The molecule has 3 rings (SSSR count). The fourth-order valence-corrected chi connectivity index (χ4v) is 3.00. The molecule has 0 aliphatic rings. The largest absolute Gasteiger partial charge is 0.348 e. The van der Waals surface area contributed by atoms with Crippen molar-refractivity contribution in [3.05, 3.63) is 71.1 Å². The number of aryl methyl sites for hydroxylation is 1. The van der Waals surface area contributed by atoms with E-state index in [4.69, 9.17) is 0 Å². The van der Waals surface area contributed by atoms with E-state index < -0.39 is 0 Å². The highest BCUT2D eigenvalue weighted by atomic mass is 15.3. The molecule has 0 fully saturated rings. The van der Waals surface area contributed by atoms with E-state index in [1.807, 2.05) is 17.1 Å². The monoisotopic (exact) mass is 308 g/mol. The van der Waals surface area contributed by atoms with Gasteiger partial charge in [0.2, 0.25) is 0 Å². The molecule has 0 amide bonds. The molecule has 0 bridgehead atoms. The van der Waals surface area contributed by atoms with Crippen LogP contribution in [0.5, 0.6) is 0 Å². The number of aromatic nitrogens is 4. The van der Waals surface area contributed by atoms with Crippen LogP contribution < -0.4 is 0 Å². The molecule has 2 aromatic heterocycles. The molecule has 1 atom stereocenters. The number of benzene rings is 1. The van der Waals surface area contributed by atoms with Crippen molar-refractivity contribution in [3.8, 4) is 0 Å². The van der Waals surface area contributed by atoms with Gasteiger partial charge in [-0.3, -0.25) is 4.68 Å². The molecule has 4 heteroatoms. The van der Waals surface area contributed by atoms with Crippen molar-refractivity contribution >= 4 is 0 Å². The summed E-state index contributed by atoms with van der Waals surface area (Å²) in [7, 11) is 0. The molecule has 3 aromatic rings. The van der Waals surface area contributed by atoms with E-state index in [-0.39, 0.29) is 5.92 Å². The third-order valence-electron chi connectivity index (χ3n) is 4.54. The van der Waals surface area contributed by atoms with Crippen molar-refractivity contribution in [3.63, 3.8) is 0 Å². The SMILES string of the molecule is Cc1cccc(C(Cc2cnn(C(C)C)c2)c2cnc[nH]2)c1C. The molecule has 0 saturated carbocycles. The van der Waals surface area contributed by atoms with Gasteiger partial charge in [0.25, 0.3) is 0 Å². The van der Waals surface area contributed by atoms with Gasteiger partial charge in [0, 0.05) is 30.0 Å². The minimum absolute atomic E-state index is 0.266. The van der Waals surface area contributed by atoms with Crippen LogP contribution in [0.3, 0.4) is 0 Å². The fraction of sp³-hybridized carbons (Fsp3) is 0.368. The number of imidazole rings is 1. The maximum Gasteiger partial charge on any atom is 0.0921 e. The Morgan fingerprint density at radius 3 is 2.65 bits per heavy atom. The van der Waals surface area contributed by atoms with Crippen LogP contribution in [-0.4, -0.2) is 19.7 Å². The molecule has 0 aliphatic carbocycles. The molecule has 1 aromatic carbocycles. The van der Waals surface area contributed by atoms with Gasteiger partial charge in [0.1, 0.15) is 0 Å². The van der Waals surface area contributed by atoms with E-state index in [0.29, 0.717) is 6.04 Å². The molecule has 4 nitrogen and oxygen atoms in total. The smallest absolute Gasteiger partial charge is 0.0921 e. The maximum atomic E-state index is 4.47. The lowest BCUT2D eigenvalue weighted by Crippen LogP contribution is -2.08. The summed E-state index contributed by atoms with van der Waals surface area (Å²) in [5, 5.41) is 4.47. The summed E-state index contributed by atoms with van der Waals surface area (Å²) in [6.45, 7) is 8.66. The van der Waals surface area contributed by atoms with E-state index in [0.717, 1.165) is 12.1 Å². The van der Waals surface area contributed by atoms with Crippen molar-refractivity contribution < 1.29 is 0 Å². The third-order valence-corrected chi connectivity index (χ3v) is 4.54. The first-order chi connectivity index (χ1) is 11.1. The summed E-state index contributed by atoms with van der Waals surface area (Å²) in [5.74, 6) is 0.266. The van der Waals surface area contributed by atoms with Gasteiger partial charge < -0.3 is 4.98 Å². The van der Waals surface area contributed by atoms with Gasteiger partial charge in [-0.25, -0.2) is 4.98 Å². The molecule has 0 saturated heterocycles. The maximum absolute atomic E-state index is 4.47. The number of nitrogens with one attached hydrogen (secondary N) is 1. The number of H-pyrrole nitrogens is 1. The second-order valence-corrected chi connectivity index (χ2v) is 6.48. The average molecular weight is 308 g/mol. The van der Waals surface area contributed by atoms with Gasteiger partial charge >= 0.3 is 0 Å². The number of hydrogen-bond donors (Lipinski definition) is 1. The second kappa shape index (κ2) is 6.41. The van der Waals surface area contributed by atoms with Gasteiger partial charge in [-0.2, -0.15) is 5.10 Å². The molecular formula is C19H24N4. The quantitative estimate of drug-likeness (QED) is 0.768. The molecule has 23 heavy (non-hydrogen) atoms. The predicted octanol–water partition coefficient (Wildman–Crippen LogP) is 4.18. The second-order valence-electron chi connectivity index (χ2n) is 6.48. The van der Waals surface area contributed by atoms with Crippen molar-refractivity contribution in [1.29, 1.82) is 0 Å². The Labute approximate surface area is 137 Å². The minimum atomic E-state index is 0.266. The summed E-state index contributed by atoms with van der Waals surface area (Å²) in [6, 6.07) is 6.91. The first-order valence-electron chi connectivity index (χ1n) is 8.13. The van der Waals surface area contributed by atoms with E-state index in [1.165, 1.54) is 22.3 Å². The Bertz CT molecular complexity index is 769. The summed E-state index contributed by atoms with van der Waals surface area (Å²) in [6.07, 6.45) is 8.73. The van der Waals surface area contributed by atoms with Crippen LogP contribution in [-0.2, 0) is 6.42 Å². The van der Waals surface area contributed by atoms with E-state index >= 15 is 0 Å². The highest BCUT2D eigenvalue weighted by Gasteiger charge is 2.20. The van der Waals surface area contributed by atoms with Crippen molar-refractivity contribution in [1.82, 2.24) is 19.7 Å². The van der Waals surface area contributed by atoms with Crippen molar-refractivity contribution in [2.24, 2.45) is 0 Å². The normalized spacial score (nSPS) is 12.7. The first-order valence-corrected chi connectivity index (χ1v) is 8.13. The van der Waals surface area contributed by atoms with Crippen LogP contribution in [0.2, 0.25) is 0 Å². The van der Waals surface area contributed by atoms with Gasteiger partial charge in [-0.05, 0) is 56.4 Å². The summed E-state index contributed by atoms with van der Waals surface area (Å²) in [4.78, 5) is 7.51. The summed E-state index contributed by atoms with van der Waals surface area (Å²) < 4.78 is 2.02. The third kappa shape index (κ3) is 3.21. The highest BCUT2D eigenvalue weighted by molar-refractivity contribution is 5.40. The lowest BCUT2D eigenvalue weighted by atomic mass is 9.86. The van der Waals surface area contributed by atoms with Crippen molar-refractivity contribution in [2.45, 2.75) is 46.1 Å². The number of rotatable bonds is 5. The predicted molar refractivity (Wildman–Crippen MR) is 92.7 cm³/mol. The van der Waals surface area contributed by atoms with Crippen molar-refractivity contribution in [2.75, 3.05) is 0 Å². The molecule has 0 aliphatic heterocycles. The Balaban J connectivity index is 1.98. The van der Waals surface area contributed by atoms with Gasteiger partial charge in [-0.15, -0.1) is 0 Å². The number of nitrogens with zero attached hydrogens (tertiary/aromatic N) is 3. The molecule has 0 spiro atoms. The molecule has 2 heterocycles. The zero-order valence-electron chi connectivity index (χ0n) is 14.2. The number of hydrogen-bond acceptors (Lipinski definition) is 2. The highest BCUT2D eigenvalue weighted by Crippen LogP contribution is 2.30.